The molecule has 1 atom stereocenters. The van der Waals surface area contributed by atoms with Crippen LogP contribution >= 0.6 is 0 Å². The molecule has 1 unspecified atom stereocenters. The Kier molecular flexibility index (Phi) is 4.62. The van der Waals surface area contributed by atoms with Gasteiger partial charge < -0.3 is 9.51 Å². The van der Waals surface area contributed by atoms with Gasteiger partial charge in [0.15, 0.2) is 5.82 Å². The van der Waals surface area contributed by atoms with Crippen molar-refractivity contribution in [2.75, 3.05) is 13.1 Å². The number of rotatable bonds is 4. The highest BCUT2D eigenvalue weighted by molar-refractivity contribution is 5.53. The Morgan fingerprint density at radius 2 is 2.15 bits per heavy atom. The molecule has 1 saturated heterocycles. The van der Waals surface area contributed by atoms with Crippen LogP contribution in [-0.4, -0.2) is 38.1 Å². The van der Waals surface area contributed by atoms with Crippen LogP contribution in [0.5, 0.6) is 0 Å². The van der Waals surface area contributed by atoms with Crippen molar-refractivity contribution < 1.29 is 4.52 Å². The van der Waals surface area contributed by atoms with Crippen molar-refractivity contribution >= 4 is 0 Å². The van der Waals surface area contributed by atoms with E-state index in [0.717, 1.165) is 37.2 Å². The van der Waals surface area contributed by atoms with Crippen LogP contribution in [0.1, 0.15) is 35.8 Å². The number of H-pyrrole nitrogens is 1. The number of hydrogen-bond donors (Lipinski definition) is 1. The van der Waals surface area contributed by atoms with Crippen molar-refractivity contribution in [3.8, 4) is 11.5 Å². The lowest BCUT2D eigenvalue weighted by Crippen LogP contribution is -2.34. The summed E-state index contributed by atoms with van der Waals surface area (Å²) in [5.74, 6) is 1.49. The molecule has 134 valence electrons. The average molecular weight is 351 g/mol. The molecule has 7 heteroatoms. The molecule has 3 heterocycles. The van der Waals surface area contributed by atoms with Gasteiger partial charge in [0.2, 0.25) is 0 Å². The zero-order chi connectivity index (χ0) is 17.9. The predicted octanol–water partition coefficient (Wildman–Crippen LogP) is 2.51. The van der Waals surface area contributed by atoms with E-state index in [2.05, 4.69) is 25.0 Å². The van der Waals surface area contributed by atoms with Gasteiger partial charge in [-0.3, -0.25) is 9.69 Å². The van der Waals surface area contributed by atoms with E-state index in [1.165, 1.54) is 11.9 Å². The average Bonchev–Trinajstić information content (AvgIpc) is 3.11. The van der Waals surface area contributed by atoms with Gasteiger partial charge in [-0.05, 0) is 38.4 Å². The Hall–Kier alpha value is -2.80. The molecular formula is C19H21N5O2. The fourth-order valence-corrected chi connectivity index (χ4v) is 3.38. The fourth-order valence-electron chi connectivity index (χ4n) is 3.38. The van der Waals surface area contributed by atoms with Crippen LogP contribution in [-0.2, 0) is 6.54 Å². The van der Waals surface area contributed by atoms with Crippen LogP contribution in [0.25, 0.3) is 11.5 Å². The molecule has 0 radical (unpaired) electrons. The third kappa shape index (κ3) is 3.72. The van der Waals surface area contributed by atoms with Crippen LogP contribution < -0.4 is 5.56 Å². The molecular weight excluding hydrogens is 330 g/mol. The molecule has 1 aliphatic heterocycles. The normalized spacial score (nSPS) is 18.1. The minimum atomic E-state index is -0.104. The monoisotopic (exact) mass is 351 g/mol. The lowest BCUT2D eigenvalue weighted by Gasteiger charge is -2.31. The number of nitrogens with zero attached hydrogens (tertiary/aromatic N) is 4. The minimum absolute atomic E-state index is 0.104. The van der Waals surface area contributed by atoms with Gasteiger partial charge >= 0.3 is 0 Å². The summed E-state index contributed by atoms with van der Waals surface area (Å²) in [4.78, 5) is 25.2. The van der Waals surface area contributed by atoms with E-state index >= 15 is 0 Å². The number of hydrogen-bond acceptors (Lipinski definition) is 6. The van der Waals surface area contributed by atoms with Crippen molar-refractivity contribution in [1.29, 1.82) is 0 Å². The summed E-state index contributed by atoms with van der Waals surface area (Å²) in [6.45, 7) is 4.50. The number of piperidine rings is 1. The second kappa shape index (κ2) is 7.21. The molecule has 0 aliphatic carbocycles. The fraction of sp³-hybridized carbons (Fsp3) is 0.368. The number of benzene rings is 1. The summed E-state index contributed by atoms with van der Waals surface area (Å²) >= 11 is 0. The number of aromatic amines is 1. The molecule has 4 rings (SSSR count). The van der Waals surface area contributed by atoms with Gasteiger partial charge in [0, 0.05) is 24.1 Å². The molecule has 1 aromatic carbocycles. The first-order valence-corrected chi connectivity index (χ1v) is 8.84. The van der Waals surface area contributed by atoms with Crippen molar-refractivity contribution in [2.45, 2.75) is 32.2 Å². The first-order valence-electron chi connectivity index (χ1n) is 8.84. The summed E-state index contributed by atoms with van der Waals surface area (Å²) in [5, 5.41) is 4.12. The van der Waals surface area contributed by atoms with Gasteiger partial charge in [0.25, 0.3) is 11.4 Å². The molecule has 1 aliphatic rings. The van der Waals surface area contributed by atoms with Crippen LogP contribution in [0.2, 0.25) is 0 Å². The molecule has 26 heavy (non-hydrogen) atoms. The maximum atomic E-state index is 11.5. The summed E-state index contributed by atoms with van der Waals surface area (Å²) < 4.78 is 5.41. The lowest BCUT2D eigenvalue weighted by atomic mass is 9.94. The molecule has 2 aromatic heterocycles. The molecule has 1 fully saturated rings. The number of aromatic nitrogens is 4. The molecule has 3 aromatic rings. The first-order chi connectivity index (χ1) is 12.7. The smallest absolute Gasteiger partial charge is 0.257 e. The van der Waals surface area contributed by atoms with Gasteiger partial charge in [-0.15, -0.1) is 0 Å². The van der Waals surface area contributed by atoms with E-state index in [9.17, 15) is 4.79 Å². The van der Waals surface area contributed by atoms with Gasteiger partial charge in [0.05, 0.1) is 18.6 Å². The Morgan fingerprint density at radius 3 is 2.96 bits per heavy atom. The molecule has 0 spiro atoms. The van der Waals surface area contributed by atoms with Crippen molar-refractivity contribution in [1.82, 2.24) is 25.0 Å². The molecule has 1 N–H and O–H groups in total. The van der Waals surface area contributed by atoms with Crippen molar-refractivity contribution in [3.05, 3.63) is 64.1 Å². The highest BCUT2D eigenvalue weighted by Gasteiger charge is 2.24. The zero-order valence-electron chi connectivity index (χ0n) is 14.7. The molecule has 0 bridgehead atoms. The highest BCUT2D eigenvalue weighted by atomic mass is 16.5. The summed E-state index contributed by atoms with van der Waals surface area (Å²) in [6.07, 6.45) is 3.57. The topological polar surface area (TPSA) is 87.9 Å². The quantitative estimate of drug-likeness (QED) is 0.777. The Morgan fingerprint density at radius 1 is 1.31 bits per heavy atom. The lowest BCUT2D eigenvalue weighted by molar-refractivity contribution is 0.192. The van der Waals surface area contributed by atoms with E-state index in [0.29, 0.717) is 18.3 Å². The minimum Gasteiger partial charge on any atom is -0.334 e. The van der Waals surface area contributed by atoms with Crippen LogP contribution in [0.3, 0.4) is 0 Å². The number of aryl methyl sites for hydroxylation is 1. The molecule has 0 saturated carbocycles. The standard InChI is InChI=1S/C19H21N5O2/c1-13-4-6-14(7-5-13)19-22-17(23-26-19)11-24-8-2-3-15(10-24)16-9-18(25)21-12-20-16/h4-7,9,12,15H,2-3,8,10-11H2,1H3,(H,20,21,25). The third-order valence-corrected chi connectivity index (χ3v) is 4.75. The third-order valence-electron chi connectivity index (χ3n) is 4.75. The molecule has 7 nitrogen and oxygen atoms in total. The maximum absolute atomic E-state index is 11.5. The van der Waals surface area contributed by atoms with Crippen molar-refractivity contribution in [3.63, 3.8) is 0 Å². The summed E-state index contributed by atoms with van der Waals surface area (Å²) in [7, 11) is 0. The first kappa shape index (κ1) is 16.7. The zero-order valence-corrected chi connectivity index (χ0v) is 14.7. The van der Waals surface area contributed by atoms with Gasteiger partial charge in [-0.2, -0.15) is 4.98 Å². The van der Waals surface area contributed by atoms with Gasteiger partial charge in [-0.1, -0.05) is 22.9 Å². The number of likely N-dealkylation sites (tertiary alicyclic amines) is 1. The van der Waals surface area contributed by atoms with Crippen LogP contribution in [0, 0.1) is 6.92 Å². The van der Waals surface area contributed by atoms with E-state index in [1.54, 1.807) is 6.07 Å². The van der Waals surface area contributed by atoms with Gasteiger partial charge in [0.1, 0.15) is 0 Å². The van der Waals surface area contributed by atoms with Gasteiger partial charge in [-0.25, -0.2) is 4.98 Å². The molecule has 0 amide bonds. The predicted molar refractivity (Wildman–Crippen MR) is 96.6 cm³/mol. The Labute approximate surface area is 151 Å². The summed E-state index contributed by atoms with van der Waals surface area (Å²) in [5.41, 5.74) is 2.87. The second-order valence-electron chi connectivity index (χ2n) is 6.79. The Bertz CT molecular complexity index is 931. The van der Waals surface area contributed by atoms with Crippen molar-refractivity contribution in [2.24, 2.45) is 0 Å². The van der Waals surface area contributed by atoms with Crippen LogP contribution in [0.15, 0.2) is 46.0 Å². The number of nitrogens with one attached hydrogen (secondary N) is 1. The highest BCUT2D eigenvalue weighted by Crippen LogP contribution is 2.26. The van der Waals surface area contributed by atoms with Crippen LogP contribution in [0.4, 0.5) is 0 Å². The largest absolute Gasteiger partial charge is 0.334 e. The van der Waals surface area contributed by atoms with E-state index < -0.39 is 0 Å². The van der Waals surface area contributed by atoms with E-state index in [-0.39, 0.29) is 11.5 Å². The van der Waals surface area contributed by atoms with E-state index in [1.807, 2.05) is 31.2 Å². The second-order valence-corrected chi connectivity index (χ2v) is 6.79. The van der Waals surface area contributed by atoms with E-state index in [4.69, 9.17) is 4.52 Å². The Balaban J connectivity index is 1.44. The SMILES string of the molecule is Cc1ccc(-c2nc(CN3CCCC(c4cc(=O)[nH]cn4)C3)no2)cc1. The maximum Gasteiger partial charge on any atom is 0.257 e. The summed E-state index contributed by atoms with van der Waals surface area (Å²) in [6, 6.07) is 9.63.